The van der Waals surface area contributed by atoms with E-state index in [4.69, 9.17) is 0 Å². The Morgan fingerprint density at radius 3 is 2.06 bits per heavy atom. The van der Waals surface area contributed by atoms with Gasteiger partial charge in [0.2, 0.25) is 0 Å². The Labute approximate surface area is 203 Å². The van der Waals surface area contributed by atoms with Crippen molar-refractivity contribution in [1.82, 2.24) is 14.7 Å². The summed E-state index contributed by atoms with van der Waals surface area (Å²) in [5.41, 5.74) is 2.49. The minimum Gasteiger partial charge on any atom is -0.301 e. The van der Waals surface area contributed by atoms with Crippen LogP contribution in [0.4, 0.5) is 14.5 Å². The van der Waals surface area contributed by atoms with Crippen molar-refractivity contribution >= 4 is 17.5 Å². The highest BCUT2D eigenvalue weighted by Crippen LogP contribution is 2.35. The first-order valence-electron chi connectivity index (χ1n) is 11.6. The summed E-state index contributed by atoms with van der Waals surface area (Å²) in [6.07, 6.45) is 3.17. The molecule has 0 spiro atoms. The SMILES string of the molecule is C=CC.O=C1c2ccccc2C(=O)N1c1cn(CCN2CCC(F)(F)CC2)nc1-c1ccccc1. The third kappa shape index (κ3) is 5.22. The van der Waals surface area contributed by atoms with Crippen LogP contribution in [0.5, 0.6) is 0 Å². The van der Waals surface area contributed by atoms with E-state index >= 15 is 0 Å². The van der Waals surface area contributed by atoms with Gasteiger partial charge in [0.1, 0.15) is 5.69 Å². The van der Waals surface area contributed by atoms with E-state index in [1.807, 2.05) is 42.2 Å². The number of allylic oxidation sites excluding steroid dienone is 1. The Balaban J connectivity index is 0.000000917. The van der Waals surface area contributed by atoms with Gasteiger partial charge in [-0.2, -0.15) is 5.10 Å². The fraction of sp³-hybridized carbons (Fsp3) is 0.296. The second kappa shape index (κ2) is 10.3. The van der Waals surface area contributed by atoms with Gasteiger partial charge < -0.3 is 4.90 Å². The summed E-state index contributed by atoms with van der Waals surface area (Å²) in [4.78, 5) is 29.3. The number of imide groups is 1. The average Bonchev–Trinajstić information content (AvgIpc) is 3.38. The maximum atomic E-state index is 13.4. The summed E-state index contributed by atoms with van der Waals surface area (Å²) in [6, 6.07) is 16.1. The van der Waals surface area contributed by atoms with Crippen LogP contribution in [-0.4, -0.2) is 52.1 Å². The number of alkyl halides is 2. The predicted molar refractivity (Wildman–Crippen MR) is 132 cm³/mol. The van der Waals surface area contributed by atoms with Crippen molar-refractivity contribution in [3.63, 3.8) is 0 Å². The molecule has 0 saturated carbocycles. The number of hydrogen-bond donors (Lipinski definition) is 0. The van der Waals surface area contributed by atoms with Crippen LogP contribution >= 0.6 is 0 Å². The van der Waals surface area contributed by atoms with Crippen LogP contribution in [-0.2, 0) is 6.54 Å². The Morgan fingerprint density at radius 2 is 1.49 bits per heavy atom. The molecule has 35 heavy (non-hydrogen) atoms. The number of halogens is 2. The molecule has 2 aliphatic heterocycles. The third-order valence-electron chi connectivity index (χ3n) is 6.06. The highest BCUT2D eigenvalue weighted by atomic mass is 19.3. The molecule has 1 aromatic heterocycles. The highest BCUT2D eigenvalue weighted by molar-refractivity contribution is 6.35. The van der Waals surface area contributed by atoms with Gasteiger partial charge in [0.05, 0.1) is 23.4 Å². The van der Waals surface area contributed by atoms with Crippen molar-refractivity contribution in [3.05, 3.63) is 84.6 Å². The minimum atomic E-state index is -2.58. The molecule has 0 bridgehead atoms. The molecule has 1 saturated heterocycles. The van der Waals surface area contributed by atoms with Crippen LogP contribution in [0.3, 0.4) is 0 Å². The van der Waals surface area contributed by atoms with Crippen molar-refractivity contribution in [2.75, 3.05) is 24.5 Å². The molecule has 0 unspecified atom stereocenters. The number of likely N-dealkylation sites (tertiary alicyclic amines) is 1. The topological polar surface area (TPSA) is 58.4 Å². The molecular formula is C27H28F2N4O2. The molecule has 3 heterocycles. The molecule has 182 valence electrons. The van der Waals surface area contributed by atoms with Gasteiger partial charge >= 0.3 is 0 Å². The lowest BCUT2D eigenvalue weighted by Gasteiger charge is -2.31. The maximum Gasteiger partial charge on any atom is 0.266 e. The van der Waals surface area contributed by atoms with Crippen LogP contribution in [0, 0.1) is 0 Å². The van der Waals surface area contributed by atoms with Crippen LogP contribution in [0.2, 0.25) is 0 Å². The van der Waals surface area contributed by atoms with Crippen LogP contribution in [0.15, 0.2) is 73.4 Å². The molecule has 5 rings (SSSR count). The molecule has 6 nitrogen and oxygen atoms in total. The first kappa shape index (κ1) is 24.5. The number of fused-ring (bicyclic) bond motifs is 1. The zero-order chi connectivity index (χ0) is 25.0. The van der Waals surface area contributed by atoms with Gasteiger partial charge in [-0.15, -0.1) is 6.58 Å². The first-order chi connectivity index (χ1) is 16.8. The monoisotopic (exact) mass is 478 g/mol. The van der Waals surface area contributed by atoms with Crippen molar-refractivity contribution < 1.29 is 18.4 Å². The van der Waals surface area contributed by atoms with Crippen LogP contribution in [0.25, 0.3) is 11.3 Å². The molecule has 0 radical (unpaired) electrons. The Hall–Kier alpha value is -3.65. The van der Waals surface area contributed by atoms with Gasteiger partial charge in [-0.1, -0.05) is 48.5 Å². The number of carbonyl (C=O) groups excluding carboxylic acids is 2. The molecule has 1 fully saturated rings. The molecule has 0 aliphatic carbocycles. The molecule has 0 N–H and O–H groups in total. The van der Waals surface area contributed by atoms with Gasteiger partial charge in [0.15, 0.2) is 0 Å². The number of hydrogen-bond acceptors (Lipinski definition) is 4. The van der Waals surface area contributed by atoms with E-state index in [2.05, 4.69) is 11.7 Å². The van der Waals surface area contributed by atoms with E-state index in [9.17, 15) is 18.4 Å². The normalized spacial score (nSPS) is 17.1. The van der Waals surface area contributed by atoms with Gasteiger partial charge in [-0.25, -0.2) is 13.7 Å². The largest absolute Gasteiger partial charge is 0.301 e. The van der Waals surface area contributed by atoms with Crippen LogP contribution in [0.1, 0.15) is 40.5 Å². The van der Waals surface area contributed by atoms with Crippen molar-refractivity contribution in [1.29, 1.82) is 0 Å². The standard InChI is InChI=1S/C24H22F2N4O2.C3H6/c25-24(26)10-12-28(13-11-24)14-15-29-16-20(21(27-29)17-6-2-1-3-7-17)30-22(31)18-8-4-5-9-19(18)23(30)32;1-3-2/h1-9,16H,10-15H2;3H,1H2,2H3. The predicted octanol–water partition coefficient (Wildman–Crippen LogP) is 5.27. The first-order valence-corrected chi connectivity index (χ1v) is 11.6. The number of aromatic nitrogens is 2. The molecule has 2 aliphatic rings. The van der Waals surface area contributed by atoms with Crippen molar-refractivity contribution in [3.8, 4) is 11.3 Å². The average molecular weight is 479 g/mol. The van der Waals surface area contributed by atoms with E-state index < -0.39 is 5.92 Å². The molecule has 8 heteroatoms. The number of amides is 2. The Morgan fingerprint density at radius 1 is 0.943 bits per heavy atom. The summed E-state index contributed by atoms with van der Waals surface area (Å²) >= 11 is 0. The van der Waals surface area contributed by atoms with Gasteiger partial charge in [-0.05, 0) is 19.1 Å². The van der Waals surface area contributed by atoms with E-state index in [-0.39, 0.29) is 24.7 Å². The zero-order valence-electron chi connectivity index (χ0n) is 19.7. The smallest absolute Gasteiger partial charge is 0.266 e. The lowest BCUT2D eigenvalue weighted by atomic mass is 10.1. The Bertz CT molecular complexity index is 1180. The third-order valence-corrected chi connectivity index (χ3v) is 6.06. The Kier molecular flexibility index (Phi) is 7.21. The summed E-state index contributed by atoms with van der Waals surface area (Å²) in [5, 5.41) is 4.67. The quantitative estimate of drug-likeness (QED) is 0.370. The summed E-state index contributed by atoms with van der Waals surface area (Å²) < 4.78 is 28.5. The highest BCUT2D eigenvalue weighted by Gasteiger charge is 2.39. The van der Waals surface area contributed by atoms with E-state index in [0.29, 0.717) is 48.7 Å². The second-order valence-electron chi connectivity index (χ2n) is 8.59. The fourth-order valence-corrected chi connectivity index (χ4v) is 4.25. The molecule has 2 aromatic carbocycles. The van der Waals surface area contributed by atoms with E-state index in [0.717, 1.165) is 5.56 Å². The fourth-order valence-electron chi connectivity index (χ4n) is 4.25. The van der Waals surface area contributed by atoms with Crippen molar-refractivity contribution in [2.24, 2.45) is 0 Å². The molecule has 2 amide bonds. The second-order valence-corrected chi connectivity index (χ2v) is 8.59. The van der Waals surface area contributed by atoms with E-state index in [1.165, 1.54) is 4.90 Å². The molecule has 0 atom stereocenters. The van der Waals surface area contributed by atoms with E-state index in [1.54, 1.807) is 41.2 Å². The molecule has 3 aromatic rings. The number of rotatable bonds is 5. The van der Waals surface area contributed by atoms with Gasteiger partial charge in [0.25, 0.3) is 17.7 Å². The minimum absolute atomic E-state index is 0.137. The number of anilines is 1. The van der Waals surface area contributed by atoms with Gasteiger partial charge in [0, 0.05) is 44.2 Å². The lowest BCUT2D eigenvalue weighted by molar-refractivity contribution is -0.0555. The number of carbonyl (C=O) groups is 2. The lowest BCUT2D eigenvalue weighted by Crippen LogP contribution is -2.40. The van der Waals surface area contributed by atoms with Gasteiger partial charge in [-0.3, -0.25) is 14.3 Å². The number of nitrogens with zero attached hydrogens (tertiary/aromatic N) is 4. The number of benzene rings is 2. The van der Waals surface area contributed by atoms with Crippen LogP contribution < -0.4 is 4.90 Å². The summed E-state index contributed by atoms with van der Waals surface area (Å²) in [6.45, 7) is 6.96. The molecular weight excluding hydrogens is 450 g/mol. The maximum absolute atomic E-state index is 13.4. The number of piperidine rings is 1. The van der Waals surface area contributed by atoms with Crippen molar-refractivity contribution in [2.45, 2.75) is 32.2 Å². The zero-order valence-corrected chi connectivity index (χ0v) is 19.7. The summed E-state index contributed by atoms with van der Waals surface area (Å²) in [5.74, 6) is -3.33. The summed E-state index contributed by atoms with van der Waals surface area (Å²) in [7, 11) is 0.